The molecule has 110 valence electrons. The van der Waals surface area contributed by atoms with Gasteiger partial charge in [-0.15, -0.1) is 11.3 Å². The summed E-state index contributed by atoms with van der Waals surface area (Å²) in [5.74, 6) is -1.08. The molecule has 3 N–H and O–H groups in total. The smallest absolute Gasteiger partial charge is 0.315 e. The lowest BCUT2D eigenvalue weighted by atomic mass is 10.1. The number of carboxylic acids is 1. The summed E-state index contributed by atoms with van der Waals surface area (Å²) in [6.07, 6.45) is 2.71. The maximum absolute atomic E-state index is 11.7. The van der Waals surface area contributed by atoms with Crippen LogP contribution in [0.2, 0.25) is 0 Å². The minimum atomic E-state index is -0.766. The second-order valence-electron chi connectivity index (χ2n) is 4.90. The summed E-state index contributed by atoms with van der Waals surface area (Å²) in [7, 11) is 0. The zero-order valence-electron chi connectivity index (χ0n) is 10.9. The van der Waals surface area contributed by atoms with E-state index in [1.165, 1.54) is 4.88 Å². The lowest BCUT2D eigenvalue weighted by Crippen LogP contribution is -2.41. The number of amides is 2. The second kappa shape index (κ2) is 7.08. The lowest BCUT2D eigenvalue weighted by molar-refractivity contribution is -0.141. The van der Waals surface area contributed by atoms with Crippen molar-refractivity contribution in [3.8, 4) is 0 Å². The van der Waals surface area contributed by atoms with Crippen molar-refractivity contribution in [2.24, 2.45) is 5.92 Å². The Balaban J connectivity index is 1.65. The van der Waals surface area contributed by atoms with Crippen LogP contribution in [0.25, 0.3) is 0 Å². The topological polar surface area (TPSA) is 78.4 Å². The second-order valence-corrected chi connectivity index (χ2v) is 7.45. The van der Waals surface area contributed by atoms with Gasteiger partial charge in [-0.2, -0.15) is 0 Å². The van der Waals surface area contributed by atoms with Crippen molar-refractivity contribution in [1.29, 1.82) is 0 Å². The molecule has 2 unspecified atom stereocenters. The van der Waals surface area contributed by atoms with Gasteiger partial charge in [0.2, 0.25) is 0 Å². The molecule has 2 atom stereocenters. The van der Waals surface area contributed by atoms with Gasteiger partial charge < -0.3 is 15.7 Å². The molecule has 5 nitrogen and oxygen atoms in total. The maximum Gasteiger partial charge on any atom is 0.315 e. The van der Waals surface area contributed by atoms with Crippen LogP contribution in [-0.4, -0.2) is 29.7 Å². The Morgan fingerprint density at radius 1 is 1.40 bits per heavy atom. The minimum absolute atomic E-state index is 0.0213. The van der Waals surface area contributed by atoms with Gasteiger partial charge in [0.1, 0.15) is 0 Å². The molecule has 20 heavy (non-hydrogen) atoms. The third kappa shape index (κ3) is 4.49. The fourth-order valence-corrected chi connectivity index (χ4v) is 3.84. The van der Waals surface area contributed by atoms with E-state index in [1.54, 1.807) is 11.3 Å². The Labute approximate surface area is 129 Å². The van der Waals surface area contributed by atoms with Crippen molar-refractivity contribution >= 4 is 39.3 Å². The summed E-state index contributed by atoms with van der Waals surface area (Å²) in [5.41, 5.74) is 0. The highest BCUT2D eigenvalue weighted by Gasteiger charge is 2.30. The highest BCUT2D eigenvalue weighted by atomic mass is 79.9. The van der Waals surface area contributed by atoms with E-state index in [2.05, 4.69) is 26.6 Å². The molecule has 2 amide bonds. The number of rotatable bonds is 5. The van der Waals surface area contributed by atoms with E-state index in [4.69, 9.17) is 5.11 Å². The first-order valence-electron chi connectivity index (χ1n) is 6.56. The summed E-state index contributed by atoms with van der Waals surface area (Å²) < 4.78 is 1.09. The monoisotopic (exact) mass is 360 g/mol. The molecule has 0 aliphatic heterocycles. The van der Waals surface area contributed by atoms with E-state index in [0.717, 1.165) is 16.6 Å². The number of carbonyl (C=O) groups excluding carboxylic acids is 1. The quantitative estimate of drug-likeness (QED) is 0.754. The van der Waals surface area contributed by atoms with Crippen LogP contribution in [0.3, 0.4) is 0 Å². The van der Waals surface area contributed by atoms with Gasteiger partial charge >= 0.3 is 12.0 Å². The van der Waals surface area contributed by atoms with Crippen LogP contribution in [0.5, 0.6) is 0 Å². The molecular formula is C13H17BrN2O3S. The predicted molar refractivity (Wildman–Crippen MR) is 81.0 cm³/mol. The molecule has 0 aromatic carbocycles. The van der Waals surface area contributed by atoms with E-state index in [9.17, 15) is 9.59 Å². The molecule has 1 saturated carbocycles. The number of hydrogen-bond donors (Lipinski definition) is 3. The largest absolute Gasteiger partial charge is 0.481 e. The first kappa shape index (κ1) is 15.3. The van der Waals surface area contributed by atoms with Crippen molar-refractivity contribution in [3.05, 3.63) is 20.8 Å². The molecule has 1 aliphatic rings. The number of nitrogens with one attached hydrogen (secondary N) is 2. The fraction of sp³-hybridized carbons (Fsp3) is 0.538. The van der Waals surface area contributed by atoms with Crippen LogP contribution in [0.4, 0.5) is 4.79 Å². The zero-order chi connectivity index (χ0) is 14.5. The molecule has 0 saturated heterocycles. The van der Waals surface area contributed by atoms with Crippen molar-refractivity contribution < 1.29 is 14.7 Å². The molecule has 1 heterocycles. The van der Waals surface area contributed by atoms with E-state index < -0.39 is 5.97 Å². The molecule has 1 aromatic rings. The Bertz CT molecular complexity index is 492. The van der Waals surface area contributed by atoms with Gasteiger partial charge in [-0.25, -0.2) is 4.79 Å². The molecule has 1 aromatic heterocycles. The lowest BCUT2D eigenvalue weighted by Gasteiger charge is -2.13. The van der Waals surface area contributed by atoms with Crippen molar-refractivity contribution in [1.82, 2.24) is 10.6 Å². The van der Waals surface area contributed by atoms with Crippen LogP contribution in [0.1, 0.15) is 24.1 Å². The number of thiophene rings is 1. The van der Waals surface area contributed by atoms with Crippen LogP contribution in [0.15, 0.2) is 15.9 Å². The maximum atomic E-state index is 11.7. The third-order valence-corrected chi connectivity index (χ3v) is 5.09. The van der Waals surface area contributed by atoms with Crippen molar-refractivity contribution in [2.75, 3.05) is 6.54 Å². The number of urea groups is 1. The van der Waals surface area contributed by atoms with E-state index in [0.29, 0.717) is 19.4 Å². The molecule has 2 rings (SSSR count). The summed E-state index contributed by atoms with van der Waals surface area (Å²) >= 11 is 5.05. The summed E-state index contributed by atoms with van der Waals surface area (Å²) in [5, 5.41) is 14.5. The SMILES string of the molecule is O=C(NCCc1ccc(Br)s1)NC1CCC(C(=O)O)C1. The molecule has 0 spiro atoms. The molecular weight excluding hydrogens is 344 g/mol. The van der Waals surface area contributed by atoms with Crippen molar-refractivity contribution in [3.63, 3.8) is 0 Å². The standard InChI is InChI=1S/C13H17BrN2O3S/c14-11-4-3-10(20-11)5-6-15-13(19)16-9-2-1-8(7-9)12(17)18/h3-4,8-9H,1-2,5-7H2,(H,17,18)(H2,15,16,19). The van der Waals surface area contributed by atoms with Gasteiger partial charge in [-0.3, -0.25) is 4.79 Å². The molecule has 7 heteroatoms. The number of hydrogen-bond acceptors (Lipinski definition) is 3. The van der Waals surface area contributed by atoms with E-state index >= 15 is 0 Å². The molecule has 0 radical (unpaired) electrons. The molecule has 1 fully saturated rings. The Morgan fingerprint density at radius 3 is 2.80 bits per heavy atom. The third-order valence-electron chi connectivity index (χ3n) is 3.40. The van der Waals surface area contributed by atoms with Gasteiger partial charge in [-0.1, -0.05) is 0 Å². The first-order valence-corrected chi connectivity index (χ1v) is 8.17. The van der Waals surface area contributed by atoms with Crippen molar-refractivity contribution in [2.45, 2.75) is 31.7 Å². The average molecular weight is 361 g/mol. The Hall–Kier alpha value is -1.08. The highest BCUT2D eigenvalue weighted by Crippen LogP contribution is 2.25. The predicted octanol–water partition coefficient (Wildman–Crippen LogP) is 2.61. The number of carboxylic acid groups (broad SMARTS) is 1. The molecule has 1 aliphatic carbocycles. The Morgan fingerprint density at radius 2 is 2.20 bits per heavy atom. The first-order chi connectivity index (χ1) is 9.54. The fourth-order valence-electron chi connectivity index (χ4n) is 2.36. The Kier molecular flexibility index (Phi) is 5.42. The number of aliphatic carboxylic acids is 1. The number of halogens is 1. The highest BCUT2D eigenvalue weighted by molar-refractivity contribution is 9.11. The van der Waals surface area contributed by atoms with E-state index in [-0.39, 0.29) is 18.0 Å². The average Bonchev–Trinajstić information content (AvgIpc) is 2.99. The van der Waals surface area contributed by atoms with Gasteiger partial charge in [-0.05, 0) is 53.7 Å². The van der Waals surface area contributed by atoms with Gasteiger partial charge in [0.05, 0.1) is 9.70 Å². The van der Waals surface area contributed by atoms with Crippen LogP contribution < -0.4 is 10.6 Å². The van der Waals surface area contributed by atoms with Gasteiger partial charge in [0.25, 0.3) is 0 Å². The van der Waals surface area contributed by atoms with E-state index in [1.807, 2.05) is 12.1 Å². The summed E-state index contributed by atoms with van der Waals surface area (Å²) in [4.78, 5) is 23.7. The molecule has 0 bridgehead atoms. The van der Waals surface area contributed by atoms with Crippen LogP contribution in [-0.2, 0) is 11.2 Å². The normalized spacial score (nSPS) is 21.6. The van der Waals surface area contributed by atoms with Gasteiger partial charge in [0, 0.05) is 17.5 Å². The van der Waals surface area contributed by atoms with Crippen LogP contribution in [0, 0.1) is 5.92 Å². The summed E-state index contributed by atoms with van der Waals surface area (Å²) in [6.45, 7) is 0.577. The van der Waals surface area contributed by atoms with Gasteiger partial charge in [0.15, 0.2) is 0 Å². The zero-order valence-corrected chi connectivity index (χ0v) is 13.3. The summed E-state index contributed by atoms with van der Waals surface area (Å²) in [6, 6.07) is 3.79. The minimum Gasteiger partial charge on any atom is -0.481 e. The number of carbonyl (C=O) groups is 2. The van der Waals surface area contributed by atoms with Crippen LogP contribution >= 0.6 is 27.3 Å².